The molecule has 1 N–H and O–H groups in total. The van der Waals surface area contributed by atoms with Gasteiger partial charge in [0.15, 0.2) is 5.60 Å². The molecule has 1 unspecified atom stereocenters. The minimum atomic E-state index is -4.84. The van der Waals surface area contributed by atoms with Crippen molar-refractivity contribution in [3.05, 3.63) is 47.5 Å². The Morgan fingerprint density at radius 1 is 1.26 bits per heavy atom. The summed E-state index contributed by atoms with van der Waals surface area (Å²) in [7, 11) is 1.15. The topological polar surface area (TPSA) is 50.5 Å². The molecule has 1 aromatic heterocycles. The highest BCUT2D eigenvalue weighted by Gasteiger charge is 2.57. The van der Waals surface area contributed by atoms with E-state index in [0.29, 0.717) is 12.6 Å². The van der Waals surface area contributed by atoms with Crippen molar-refractivity contribution in [2.75, 3.05) is 13.7 Å². The van der Waals surface area contributed by atoms with Gasteiger partial charge in [-0.25, -0.2) is 9.07 Å². The maximum Gasteiger partial charge on any atom is 0.420 e. The molecule has 3 atom stereocenters. The van der Waals surface area contributed by atoms with E-state index in [9.17, 15) is 22.7 Å². The smallest absolute Gasteiger partial charge is 0.378 e. The summed E-state index contributed by atoms with van der Waals surface area (Å²) in [6, 6.07) is 5.83. The van der Waals surface area contributed by atoms with Gasteiger partial charge in [-0.3, -0.25) is 4.90 Å². The van der Waals surface area contributed by atoms with E-state index < -0.39 is 18.0 Å². The number of benzene rings is 1. The fourth-order valence-corrected chi connectivity index (χ4v) is 3.60. The van der Waals surface area contributed by atoms with Crippen molar-refractivity contribution in [3.8, 4) is 5.69 Å². The molecular weight excluding hydrogens is 366 g/mol. The van der Waals surface area contributed by atoms with Crippen LogP contribution in [-0.4, -0.2) is 51.4 Å². The largest absolute Gasteiger partial charge is 0.420 e. The van der Waals surface area contributed by atoms with Crippen molar-refractivity contribution in [3.63, 3.8) is 0 Å². The molecule has 0 radical (unpaired) electrons. The number of fused-ring (bicyclic) bond motifs is 1. The number of halogens is 4. The maximum atomic E-state index is 13.3. The minimum absolute atomic E-state index is 0.144. The van der Waals surface area contributed by atoms with E-state index in [1.54, 1.807) is 23.0 Å². The van der Waals surface area contributed by atoms with Gasteiger partial charge < -0.3 is 9.84 Å². The molecule has 5 nitrogen and oxygen atoms in total. The first-order chi connectivity index (χ1) is 12.6. The fraction of sp³-hybridized carbons (Fsp3) is 0.500. The van der Waals surface area contributed by atoms with Crippen LogP contribution >= 0.6 is 0 Å². The van der Waals surface area contributed by atoms with Gasteiger partial charge in [-0.05, 0) is 31.2 Å². The van der Waals surface area contributed by atoms with E-state index in [1.165, 1.54) is 17.0 Å². The van der Waals surface area contributed by atoms with Crippen molar-refractivity contribution in [1.29, 1.82) is 0 Å². The zero-order valence-corrected chi connectivity index (χ0v) is 15.2. The Balaban J connectivity index is 1.92. The molecule has 2 aromatic rings. The molecule has 0 saturated heterocycles. The average Bonchev–Trinajstić information content (AvgIpc) is 2.99. The van der Waals surface area contributed by atoms with Crippen molar-refractivity contribution in [1.82, 2.24) is 14.7 Å². The van der Waals surface area contributed by atoms with E-state index >= 15 is 0 Å². The summed E-state index contributed by atoms with van der Waals surface area (Å²) < 4.78 is 59.7. The summed E-state index contributed by atoms with van der Waals surface area (Å²) >= 11 is 0. The lowest BCUT2D eigenvalue weighted by atomic mass is 9.94. The second-order valence-corrected chi connectivity index (χ2v) is 7.01. The second-order valence-electron chi connectivity index (χ2n) is 7.01. The first-order valence-electron chi connectivity index (χ1n) is 8.45. The number of hydrogen-bond donors (Lipinski definition) is 1. The second kappa shape index (κ2) is 6.88. The molecule has 27 heavy (non-hydrogen) atoms. The van der Waals surface area contributed by atoms with Crippen LogP contribution in [0.3, 0.4) is 0 Å². The van der Waals surface area contributed by atoms with Gasteiger partial charge in [-0.2, -0.15) is 18.3 Å². The standard InChI is InChI=1S/C18H21F4N3O2/c1-11-9-24(16(27-3)17(2,26)18(20,21)22)10-12-8-23-25(15(11)12)14-6-4-13(19)5-7-14/h4-8,11,16,26H,9-10H2,1-3H3/t11-,16?,17-/m1/s1. The Morgan fingerprint density at radius 2 is 1.89 bits per heavy atom. The van der Waals surface area contributed by atoms with Crippen LogP contribution in [-0.2, 0) is 11.3 Å². The summed E-state index contributed by atoms with van der Waals surface area (Å²) in [5.41, 5.74) is -0.771. The van der Waals surface area contributed by atoms with Gasteiger partial charge in [0.25, 0.3) is 0 Å². The summed E-state index contributed by atoms with van der Waals surface area (Å²) in [4.78, 5) is 1.46. The lowest BCUT2D eigenvalue weighted by molar-refractivity contribution is -0.310. The third-order valence-electron chi connectivity index (χ3n) is 4.92. The molecule has 1 aliphatic rings. The molecule has 0 spiro atoms. The summed E-state index contributed by atoms with van der Waals surface area (Å²) in [5, 5.41) is 14.4. The van der Waals surface area contributed by atoms with E-state index in [4.69, 9.17) is 4.74 Å². The molecule has 0 amide bonds. The Labute approximate surface area is 154 Å². The van der Waals surface area contributed by atoms with Crippen LogP contribution in [0.25, 0.3) is 5.69 Å². The molecule has 3 rings (SSSR count). The van der Waals surface area contributed by atoms with Gasteiger partial charge in [-0.1, -0.05) is 6.92 Å². The number of nitrogens with zero attached hydrogens (tertiary/aromatic N) is 3. The third kappa shape index (κ3) is 3.46. The molecule has 9 heteroatoms. The normalized spacial score (nSPS) is 21.6. The molecule has 0 aliphatic carbocycles. The number of alkyl halides is 3. The predicted molar refractivity (Wildman–Crippen MR) is 89.8 cm³/mol. The molecule has 148 valence electrons. The Morgan fingerprint density at radius 3 is 2.44 bits per heavy atom. The molecule has 0 bridgehead atoms. The quantitative estimate of drug-likeness (QED) is 0.819. The molecule has 2 heterocycles. The number of methoxy groups -OCH3 is 1. The minimum Gasteiger partial charge on any atom is -0.378 e. The van der Waals surface area contributed by atoms with Gasteiger partial charge in [0.2, 0.25) is 0 Å². The summed E-state index contributed by atoms with van der Waals surface area (Å²) in [5.74, 6) is -0.542. The highest BCUT2D eigenvalue weighted by atomic mass is 19.4. The van der Waals surface area contributed by atoms with Crippen molar-refractivity contribution < 1.29 is 27.4 Å². The fourth-order valence-electron chi connectivity index (χ4n) is 3.60. The zero-order valence-electron chi connectivity index (χ0n) is 15.2. The molecular formula is C18H21F4N3O2. The van der Waals surface area contributed by atoms with E-state index in [0.717, 1.165) is 18.4 Å². The van der Waals surface area contributed by atoms with Crippen LogP contribution in [0.5, 0.6) is 0 Å². The van der Waals surface area contributed by atoms with Crippen LogP contribution in [0, 0.1) is 5.82 Å². The van der Waals surface area contributed by atoms with E-state index in [1.807, 2.05) is 6.92 Å². The van der Waals surface area contributed by atoms with Gasteiger partial charge in [0, 0.05) is 31.7 Å². The highest BCUT2D eigenvalue weighted by molar-refractivity contribution is 5.37. The van der Waals surface area contributed by atoms with Gasteiger partial charge in [0.1, 0.15) is 12.0 Å². The van der Waals surface area contributed by atoms with Crippen molar-refractivity contribution >= 4 is 0 Å². The summed E-state index contributed by atoms with van der Waals surface area (Å²) in [6.45, 7) is 2.96. The maximum absolute atomic E-state index is 13.3. The monoisotopic (exact) mass is 387 g/mol. The number of ether oxygens (including phenoxy) is 1. The summed E-state index contributed by atoms with van der Waals surface area (Å²) in [6.07, 6.45) is -4.81. The SMILES string of the molecule is COC(N1Cc2cnn(-c3ccc(F)cc3)c2[C@H](C)C1)[C@@](C)(O)C(F)(F)F. The first kappa shape index (κ1) is 19.8. The number of hydrogen-bond acceptors (Lipinski definition) is 4. The molecule has 1 aliphatic heterocycles. The third-order valence-corrected chi connectivity index (χ3v) is 4.92. The van der Waals surface area contributed by atoms with Gasteiger partial charge >= 0.3 is 6.18 Å². The molecule has 0 saturated carbocycles. The van der Waals surface area contributed by atoms with Crippen LogP contribution in [0.4, 0.5) is 17.6 Å². The first-order valence-corrected chi connectivity index (χ1v) is 8.45. The lowest BCUT2D eigenvalue weighted by Gasteiger charge is -2.43. The van der Waals surface area contributed by atoms with Gasteiger partial charge in [0.05, 0.1) is 17.6 Å². The van der Waals surface area contributed by atoms with E-state index in [2.05, 4.69) is 5.10 Å². The van der Waals surface area contributed by atoms with Crippen LogP contribution < -0.4 is 0 Å². The number of aromatic nitrogens is 2. The van der Waals surface area contributed by atoms with Crippen molar-refractivity contribution in [2.24, 2.45) is 0 Å². The number of rotatable bonds is 4. The van der Waals surface area contributed by atoms with Crippen LogP contribution in [0.1, 0.15) is 31.0 Å². The highest BCUT2D eigenvalue weighted by Crippen LogP contribution is 2.39. The average molecular weight is 387 g/mol. The van der Waals surface area contributed by atoms with E-state index in [-0.39, 0.29) is 24.8 Å². The Kier molecular flexibility index (Phi) is 5.04. The Hall–Kier alpha value is -1.97. The van der Waals surface area contributed by atoms with Crippen LogP contribution in [0.2, 0.25) is 0 Å². The number of aliphatic hydroxyl groups is 1. The molecule has 1 aromatic carbocycles. The molecule has 0 fully saturated rings. The van der Waals surface area contributed by atoms with Gasteiger partial charge in [-0.15, -0.1) is 0 Å². The van der Waals surface area contributed by atoms with Crippen molar-refractivity contribution in [2.45, 2.75) is 44.3 Å². The Bertz CT molecular complexity index is 802. The predicted octanol–water partition coefficient (Wildman–Crippen LogP) is 3.22. The van der Waals surface area contributed by atoms with Crippen LogP contribution in [0.15, 0.2) is 30.5 Å². The lowest BCUT2D eigenvalue weighted by Crippen LogP contribution is -2.60. The zero-order chi connectivity index (χ0) is 20.0.